The average molecular weight is 374 g/mol. The normalized spacial score (nSPS) is 23.7. The number of carbonyl (C=O) groups excluding carboxylic acids is 1. The smallest absolute Gasteiger partial charge is 0.248 e. The second kappa shape index (κ2) is 7.93. The van der Waals surface area contributed by atoms with E-state index in [2.05, 4.69) is 15.3 Å². The first-order valence-electron chi connectivity index (χ1n) is 9.37. The second-order valence-corrected chi connectivity index (χ2v) is 7.22. The highest BCUT2D eigenvalue weighted by Gasteiger charge is 2.39. The molecule has 3 heterocycles. The van der Waals surface area contributed by atoms with Crippen molar-refractivity contribution >= 4 is 16.9 Å². The van der Waals surface area contributed by atoms with Crippen LogP contribution in [0.4, 0.5) is 0 Å². The lowest BCUT2D eigenvalue weighted by atomic mass is 10.0. The summed E-state index contributed by atoms with van der Waals surface area (Å²) >= 11 is 0. The number of aromatic amines is 1. The van der Waals surface area contributed by atoms with Crippen molar-refractivity contribution in [3.63, 3.8) is 0 Å². The number of nitrogens with zero attached hydrogens (tertiary/aromatic N) is 2. The number of imidazole rings is 1. The first-order chi connectivity index (χ1) is 13.2. The van der Waals surface area contributed by atoms with Gasteiger partial charge in [0, 0.05) is 19.6 Å². The van der Waals surface area contributed by atoms with E-state index in [0.717, 1.165) is 29.0 Å². The maximum Gasteiger partial charge on any atom is 0.248 e. The summed E-state index contributed by atoms with van der Waals surface area (Å²) in [5.41, 5.74) is 2.58. The fourth-order valence-corrected chi connectivity index (χ4v) is 3.64. The Kier molecular flexibility index (Phi) is 5.40. The number of morpholine rings is 1. The van der Waals surface area contributed by atoms with E-state index in [0.29, 0.717) is 39.5 Å². The minimum Gasteiger partial charge on any atom is -0.377 e. The molecular weight excluding hydrogens is 348 g/mol. The SMILES string of the molecule is Cc1cccc2[nH]c(COCC(=O)N3CCOC4(CNCCOC4)C3)nc12. The molecule has 8 nitrogen and oxygen atoms in total. The van der Waals surface area contributed by atoms with Crippen LogP contribution in [0.2, 0.25) is 0 Å². The van der Waals surface area contributed by atoms with Crippen molar-refractivity contribution in [2.45, 2.75) is 19.1 Å². The third kappa shape index (κ3) is 4.14. The number of fused-ring (bicyclic) bond motifs is 1. The number of benzene rings is 1. The molecule has 1 unspecified atom stereocenters. The molecule has 1 spiro atoms. The van der Waals surface area contributed by atoms with E-state index in [1.165, 1.54) is 0 Å². The fourth-order valence-electron chi connectivity index (χ4n) is 3.64. The van der Waals surface area contributed by atoms with Crippen molar-refractivity contribution in [1.82, 2.24) is 20.2 Å². The van der Waals surface area contributed by atoms with Gasteiger partial charge in [0.1, 0.15) is 24.6 Å². The van der Waals surface area contributed by atoms with Gasteiger partial charge in [-0.3, -0.25) is 4.79 Å². The molecule has 0 saturated carbocycles. The number of aryl methyl sites for hydroxylation is 1. The third-order valence-electron chi connectivity index (χ3n) is 5.06. The Bertz CT molecular complexity index is 798. The number of rotatable bonds is 4. The Morgan fingerprint density at radius 3 is 3.22 bits per heavy atom. The number of hydrogen-bond acceptors (Lipinski definition) is 6. The maximum absolute atomic E-state index is 12.6. The van der Waals surface area contributed by atoms with E-state index < -0.39 is 5.60 Å². The zero-order valence-corrected chi connectivity index (χ0v) is 15.6. The predicted octanol–water partition coefficient (Wildman–Crippen LogP) is 0.605. The Hall–Kier alpha value is -2.00. The summed E-state index contributed by atoms with van der Waals surface area (Å²) in [6, 6.07) is 6.00. The van der Waals surface area contributed by atoms with Gasteiger partial charge in [-0.15, -0.1) is 0 Å². The molecule has 0 bridgehead atoms. The highest BCUT2D eigenvalue weighted by molar-refractivity contribution is 5.78. The Labute approximate surface area is 158 Å². The quantitative estimate of drug-likeness (QED) is 0.815. The zero-order chi connectivity index (χ0) is 18.7. The van der Waals surface area contributed by atoms with E-state index in [1.807, 2.05) is 30.0 Å². The summed E-state index contributed by atoms with van der Waals surface area (Å²) in [5, 5.41) is 3.32. The number of amides is 1. The lowest BCUT2D eigenvalue weighted by Crippen LogP contribution is -2.59. The summed E-state index contributed by atoms with van der Waals surface area (Å²) in [4.78, 5) is 22.2. The van der Waals surface area contributed by atoms with Gasteiger partial charge in [0.2, 0.25) is 5.91 Å². The van der Waals surface area contributed by atoms with Crippen LogP contribution in [-0.4, -0.2) is 79.0 Å². The molecule has 2 aliphatic heterocycles. The van der Waals surface area contributed by atoms with Crippen LogP contribution in [0.25, 0.3) is 11.0 Å². The Morgan fingerprint density at radius 1 is 1.41 bits per heavy atom. The lowest BCUT2D eigenvalue weighted by Gasteiger charge is -2.41. The number of carbonyl (C=O) groups is 1. The molecule has 2 saturated heterocycles. The molecule has 1 atom stereocenters. The molecule has 0 radical (unpaired) electrons. The van der Waals surface area contributed by atoms with Gasteiger partial charge in [-0.25, -0.2) is 4.98 Å². The van der Waals surface area contributed by atoms with Crippen molar-refractivity contribution in [3.8, 4) is 0 Å². The molecule has 4 rings (SSSR count). The van der Waals surface area contributed by atoms with E-state index in [9.17, 15) is 4.79 Å². The van der Waals surface area contributed by atoms with Gasteiger partial charge in [-0.1, -0.05) is 12.1 Å². The Morgan fingerprint density at radius 2 is 2.33 bits per heavy atom. The van der Waals surface area contributed by atoms with Crippen LogP contribution in [-0.2, 0) is 25.6 Å². The molecule has 8 heteroatoms. The predicted molar refractivity (Wildman–Crippen MR) is 99.4 cm³/mol. The molecule has 0 aliphatic carbocycles. The topological polar surface area (TPSA) is 88.7 Å². The Balaban J connectivity index is 1.31. The van der Waals surface area contributed by atoms with Gasteiger partial charge < -0.3 is 29.4 Å². The number of aromatic nitrogens is 2. The van der Waals surface area contributed by atoms with Gasteiger partial charge >= 0.3 is 0 Å². The molecule has 2 fully saturated rings. The number of para-hydroxylation sites is 1. The van der Waals surface area contributed by atoms with Crippen LogP contribution in [0, 0.1) is 6.92 Å². The summed E-state index contributed by atoms with van der Waals surface area (Å²) in [6.07, 6.45) is 0. The minimum absolute atomic E-state index is 0.0282. The molecule has 2 N–H and O–H groups in total. The van der Waals surface area contributed by atoms with Gasteiger partial charge in [-0.05, 0) is 18.6 Å². The molecule has 146 valence electrons. The van der Waals surface area contributed by atoms with Crippen LogP contribution in [0.1, 0.15) is 11.4 Å². The van der Waals surface area contributed by atoms with Gasteiger partial charge in [0.15, 0.2) is 0 Å². The summed E-state index contributed by atoms with van der Waals surface area (Å²) in [7, 11) is 0. The fraction of sp³-hybridized carbons (Fsp3) is 0.579. The first kappa shape index (κ1) is 18.4. The molecular formula is C19H26N4O4. The van der Waals surface area contributed by atoms with E-state index in [4.69, 9.17) is 14.2 Å². The van der Waals surface area contributed by atoms with E-state index in [-0.39, 0.29) is 19.1 Å². The highest BCUT2D eigenvalue weighted by Crippen LogP contribution is 2.20. The van der Waals surface area contributed by atoms with Crippen molar-refractivity contribution in [2.24, 2.45) is 0 Å². The minimum atomic E-state index is -0.458. The molecule has 1 aromatic heterocycles. The van der Waals surface area contributed by atoms with E-state index in [1.54, 1.807) is 0 Å². The average Bonchev–Trinajstić information content (AvgIpc) is 2.97. The zero-order valence-electron chi connectivity index (χ0n) is 15.6. The second-order valence-electron chi connectivity index (χ2n) is 7.22. The third-order valence-corrected chi connectivity index (χ3v) is 5.06. The van der Waals surface area contributed by atoms with Crippen molar-refractivity contribution < 1.29 is 19.0 Å². The number of nitrogens with one attached hydrogen (secondary N) is 2. The van der Waals surface area contributed by atoms with Gasteiger partial charge in [0.05, 0.1) is 37.4 Å². The lowest BCUT2D eigenvalue weighted by molar-refractivity contribution is -0.162. The summed E-state index contributed by atoms with van der Waals surface area (Å²) in [5.74, 6) is 0.695. The number of hydrogen-bond donors (Lipinski definition) is 2. The highest BCUT2D eigenvalue weighted by atomic mass is 16.5. The molecule has 1 amide bonds. The molecule has 27 heavy (non-hydrogen) atoms. The van der Waals surface area contributed by atoms with Crippen molar-refractivity contribution in [2.75, 3.05) is 52.6 Å². The number of ether oxygens (including phenoxy) is 3. The van der Waals surface area contributed by atoms with Crippen LogP contribution >= 0.6 is 0 Å². The van der Waals surface area contributed by atoms with Crippen molar-refractivity contribution in [1.29, 1.82) is 0 Å². The molecule has 2 aliphatic rings. The summed E-state index contributed by atoms with van der Waals surface area (Å²) in [6.45, 7) is 6.61. The molecule has 2 aromatic rings. The van der Waals surface area contributed by atoms with Gasteiger partial charge in [-0.2, -0.15) is 0 Å². The van der Waals surface area contributed by atoms with Gasteiger partial charge in [0.25, 0.3) is 0 Å². The molecule has 1 aromatic carbocycles. The maximum atomic E-state index is 12.6. The number of H-pyrrole nitrogens is 1. The largest absolute Gasteiger partial charge is 0.377 e. The van der Waals surface area contributed by atoms with Crippen LogP contribution in [0.5, 0.6) is 0 Å². The van der Waals surface area contributed by atoms with Crippen LogP contribution < -0.4 is 5.32 Å². The van der Waals surface area contributed by atoms with E-state index >= 15 is 0 Å². The summed E-state index contributed by atoms with van der Waals surface area (Å²) < 4.78 is 17.2. The monoisotopic (exact) mass is 374 g/mol. The standard InChI is InChI=1S/C19H26N4O4/c1-14-3-2-4-15-18(14)22-16(21-15)9-26-10-17(24)23-6-8-27-19(12-23)11-20-5-7-25-13-19/h2-4,20H,5-13H2,1H3,(H,21,22). The first-order valence-corrected chi connectivity index (χ1v) is 9.37. The van der Waals surface area contributed by atoms with Crippen LogP contribution in [0.15, 0.2) is 18.2 Å². The van der Waals surface area contributed by atoms with Crippen LogP contribution in [0.3, 0.4) is 0 Å². The van der Waals surface area contributed by atoms with Crippen molar-refractivity contribution in [3.05, 3.63) is 29.6 Å².